The van der Waals surface area contributed by atoms with Gasteiger partial charge in [-0.2, -0.15) is 0 Å². The van der Waals surface area contributed by atoms with E-state index in [2.05, 4.69) is 10.6 Å². The van der Waals surface area contributed by atoms with Crippen LogP contribution in [0.5, 0.6) is 0 Å². The normalized spacial score (nSPS) is 10.2. The summed E-state index contributed by atoms with van der Waals surface area (Å²) in [5, 5.41) is 5.69. The van der Waals surface area contributed by atoms with Crippen LogP contribution in [0, 0.1) is 13.8 Å². The first-order valence-corrected chi connectivity index (χ1v) is 8.37. The maximum absolute atomic E-state index is 12.4. The Labute approximate surface area is 152 Å². The van der Waals surface area contributed by atoms with Crippen molar-refractivity contribution in [3.63, 3.8) is 0 Å². The fourth-order valence-corrected chi connectivity index (χ4v) is 2.57. The maximum atomic E-state index is 12.4. The number of benzene rings is 3. The summed E-state index contributed by atoms with van der Waals surface area (Å²) < 4.78 is 0. The molecule has 0 fully saturated rings. The van der Waals surface area contributed by atoms with Crippen LogP contribution in [0.4, 0.5) is 11.4 Å². The zero-order valence-corrected chi connectivity index (χ0v) is 14.7. The van der Waals surface area contributed by atoms with Gasteiger partial charge >= 0.3 is 0 Å². The quantitative estimate of drug-likeness (QED) is 0.714. The summed E-state index contributed by atoms with van der Waals surface area (Å²) in [4.78, 5) is 24.8. The van der Waals surface area contributed by atoms with E-state index in [9.17, 15) is 9.59 Å². The third-order valence-electron chi connectivity index (χ3n) is 3.97. The molecule has 4 heteroatoms. The molecule has 0 atom stereocenters. The standard InChI is InChI=1S/C22H20N2O2/c1-15-9-11-17(12-10-15)21(25)24-20-8-4-6-18(14-20)22(26)23-19-7-3-5-16(2)13-19/h3-14H,1-2H3,(H,23,26)(H,24,25). The van der Waals surface area contributed by atoms with Crippen molar-refractivity contribution in [2.24, 2.45) is 0 Å². The lowest BCUT2D eigenvalue weighted by atomic mass is 10.1. The third kappa shape index (κ3) is 4.36. The molecule has 2 amide bonds. The van der Waals surface area contributed by atoms with E-state index in [-0.39, 0.29) is 11.8 Å². The van der Waals surface area contributed by atoms with Gasteiger partial charge in [0.15, 0.2) is 0 Å². The van der Waals surface area contributed by atoms with Gasteiger partial charge in [-0.3, -0.25) is 9.59 Å². The van der Waals surface area contributed by atoms with Gasteiger partial charge in [0.1, 0.15) is 0 Å². The Kier molecular flexibility index (Phi) is 5.13. The lowest BCUT2D eigenvalue weighted by Crippen LogP contribution is -2.14. The van der Waals surface area contributed by atoms with Gasteiger partial charge in [-0.1, -0.05) is 35.9 Å². The minimum absolute atomic E-state index is 0.207. The highest BCUT2D eigenvalue weighted by Gasteiger charge is 2.10. The molecule has 3 aromatic rings. The molecule has 26 heavy (non-hydrogen) atoms. The van der Waals surface area contributed by atoms with Crippen molar-refractivity contribution >= 4 is 23.2 Å². The molecule has 0 aliphatic carbocycles. The Hall–Kier alpha value is -3.40. The molecule has 0 bridgehead atoms. The first-order valence-electron chi connectivity index (χ1n) is 8.37. The molecule has 0 aromatic heterocycles. The summed E-state index contributed by atoms with van der Waals surface area (Å²) in [5.41, 5.74) is 4.54. The number of aryl methyl sites for hydroxylation is 2. The Balaban J connectivity index is 1.72. The molecule has 130 valence electrons. The molecule has 3 rings (SSSR count). The van der Waals surface area contributed by atoms with Gasteiger partial charge in [0.05, 0.1) is 0 Å². The molecule has 0 heterocycles. The van der Waals surface area contributed by atoms with Gasteiger partial charge in [-0.15, -0.1) is 0 Å². The number of rotatable bonds is 4. The number of amides is 2. The number of carbonyl (C=O) groups is 2. The van der Waals surface area contributed by atoms with Crippen LogP contribution in [0.25, 0.3) is 0 Å². The summed E-state index contributed by atoms with van der Waals surface area (Å²) in [6.07, 6.45) is 0. The summed E-state index contributed by atoms with van der Waals surface area (Å²) in [6, 6.07) is 21.8. The molecular formula is C22H20N2O2. The predicted octanol–water partition coefficient (Wildman–Crippen LogP) is 4.81. The number of hydrogen-bond acceptors (Lipinski definition) is 2. The van der Waals surface area contributed by atoms with Crippen LogP contribution >= 0.6 is 0 Å². The van der Waals surface area contributed by atoms with Crippen LogP contribution in [0.1, 0.15) is 31.8 Å². The summed E-state index contributed by atoms with van der Waals surface area (Å²) in [7, 11) is 0. The van der Waals surface area contributed by atoms with Gasteiger partial charge < -0.3 is 10.6 Å². The second kappa shape index (κ2) is 7.66. The zero-order valence-electron chi connectivity index (χ0n) is 14.7. The summed E-state index contributed by atoms with van der Waals surface area (Å²) >= 11 is 0. The highest BCUT2D eigenvalue weighted by molar-refractivity contribution is 6.07. The second-order valence-corrected chi connectivity index (χ2v) is 6.22. The fourth-order valence-electron chi connectivity index (χ4n) is 2.57. The van der Waals surface area contributed by atoms with Gasteiger partial charge in [0, 0.05) is 22.5 Å². The third-order valence-corrected chi connectivity index (χ3v) is 3.97. The van der Waals surface area contributed by atoms with Crippen molar-refractivity contribution in [2.45, 2.75) is 13.8 Å². The number of carbonyl (C=O) groups excluding carboxylic acids is 2. The molecule has 0 spiro atoms. The minimum Gasteiger partial charge on any atom is -0.322 e. The van der Waals surface area contributed by atoms with Crippen molar-refractivity contribution in [3.05, 3.63) is 95.1 Å². The molecule has 4 nitrogen and oxygen atoms in total. The van der Waals surface area contributed by atoms with Crippen LogP contribution in [-0.4, -0.2) is 11.8 Å². The maximum Gasteiger partial charge on any atom is 0.255 e. The highest BCUT2D eigenvalue weighted by atomic mass is 16.2. The molecule has 0 unspecified atom stereocenters. The molecule has 0 aliphatic rings. The van der Waals surface area contributed by atoms with E-state index in [1.807, 2.05) is 50.2 Å². The molecule has 0 radical (unpaired) electrons. The lowest BCUT2D eigenvalue weighted by Gasteiger charge is -2.09. The van der Waals surface area contributed by atoms with Crippen LogP contribution in [0.2, 0.25) is 0 Å². The number of anilines is 2. The first-order chi connectivity index (χ1) is 12.5. The second-order valence-electron chi connectivity index (χ2n) is 6.22. The van der Waals surface area contributed by atoms with E-state index in [1.165, 1.54) is 0 Å². The van der Waals surface area contributed by atoms with Gasteiger partial charge in [0.2, 0.25) is 0 Å². The van der Waals surface area contributed by atoms with E-state index >= 15 is 0 Å². The number of nitrogens with one attached hydrogen (secondary N) is 2. The van der Waals surface area contributed by atoms with Crippen LogP contribution in [0.15, 0.2) is 72.8 Å². The monoisotopic (exact) mass is 344 g/mol. The molecule has 0 saturated carbocycles. The molecule has 3 aromatic carbocycles. The van der Waals surface area contributed by atoms with Gasteiger partial charge in [0.25, 0.3) is 11.8 Å². The smallest absolute Gasteiger partial charge is 0.255 e. The molecular weight excluding hydrogens is 324 g/mol. The first kappa shape index (κ1) is 17.4. The van der Waals surface area contributed by atoms with Gasteiger partial charge in [-0.25, -0.2) is 0 Å². The SMILES string of the molecule is Cc1ccc(C(=O)Nc2cccc(C(=O)Nc3cccc(C)c3)c2)cc1. The van der Waals surface area contributed by atoms with Crippen LogP contribution in [0.3, 0.4) is 0 Å². The Morgan fingerprint density at radius 2 is 1.19 bits per heavy atom. The van der Waals surface area contributed by atoms with Crippen molar-refractivity contribution in [1.82, 2.24) is 0 Å². The van der Waals surface area contributed by atoms with E-state index in [1.54, 1.807) is 36.4 Å². The lowest BCUT2D eigenvalue weighted by molar-refractivity contribution is 0.101. The molecule has 0 saturated heterocycles. The fraction of sp³-hybridized carbons (Fsp3) is 0.0909. The average Bonchev–Trinajstić information content (AvgIpc) is 2.62. The van der Waals surface area contributed by atoms with Crippen molar-refractivity contribution in [2.75, 3.05) is 10.6 Å². The Morgan fingerprint density at radius 1 is 0.615 bits per heavy atom. The molecule has 2 N–H and O–H groups in total. The van der Waals surface area contributed by atoms with E-state index < -0.39 is 0 Å². The van der Waals surface area contributed by atoms with Crippen LogP contribution in [-0.2, 0) is 0 Å². The van der Waals surface area contributed by atoms with Crippen molar-refractivity contribution in [1.29, 1.82) is 0 Å². The van der Waals surface area contributed by atoms with Gasteiger partial charge in [-0.05, 0) is 61.9 Å². The van der Waals surface area contributed by atoms with Crippen molar-refractivity contribution in [3.8, 4) is 0 Å². The minimum atomic E-state index is -0.220. The predicted molar refractivity (Wildman–Crippen MR) is 105 cm³/mol. The van der Waals surface area contributed by atoms with E-state index in [0.717, 1.165) is 16.8 Å². The largest absolute Gasteiger partial charge is 0.322 e. The summed E-state index contributed by atoms with van der Waals surface area (Å²) in [6.45, 7) is 3.94. The Morgan fingerprint density at radius 3 is 1.85 bits per heavy atom. The number of hydrogen-bond donors (Lipinski definition) is 2. The Bertz CT molecular complexity index is 946. The summed E-state index contributed by atoms with van der Waals surface area (Å²) in [5.74, 6) is -0.428. The zero-order chi connectivity index (χ0) is 18.5. The average molecular weight is 344 g/mol. The highest BCUT2D eigenvalue weighted by Crippen LogP contribution is 2.16. The van der Waals surface area contributed by atoms with Crippen LogP contribution < -0.4 is 10.6 Å². The van der Waals surface area contributed by atoms with E-state index in [4.69, 9.17) is 0 Å². The molecule has 0 aliphatic heterocycles. The van der Waals surface area contributed by atoms with E-state index in [0.29, 0.717) is 16.8 Å². The topological polar surface area (TPSA) is 58.2 Å². The van der Waals surface area contributed by atoms with Crippen molar-refractivity contribution < 1.29 is 9.59 Å².